The molecule has 0 aliphatic heterocycles. The zero-order valence-electron chi connectivity index (χ0n) is 12.8. The number of nitrogens with zero attached hydrogens (tertiary/aromatic N) is 1. The molecule has 0 saturated carbocycles. The first kappa shape index (κ1) is 16.6. The Hall–Kier alpha value is -2.24. The molecule has 0 unspecified atom stereocenters. The van der Waals surface area contributed by atoms with Gasteiger partial charge in [-0.05, 0) is 30.7 Å². The van der Waals surface area contributed by atoms with Crippen LogP contribution in [-0.2, 0) is 11.2 Å². The van der Waals surface area contributed by atoms with Crippen molar-refractivity contribution in [1.29, 1.82) is 0 Å². The molecule has 0 aliphatic carbocycles. The van der Waals surface area contributed by atoms with Crippen LogP contribution in [-0.4, -0.2) is 10.9 Å². The zero-order chi connectivity index (χ0) is 17.1. The lowest BCUT2D eigenvalue weighted by molar-refractivity contribution is -0.115. The molecular formula is C18H14ClFN2OS. The van der Waals surface area contributed by atoms with E-state index >= 15 is 0 Å². The lowest BCUT2D eigenvalue weighted by atomic mass is 10.2. The minimum atomic E-state index is -0.384. The summed E-state index contributed by atoms with van der Waals surface area (Å²) in [4.78, 5) is 16.6. The van der Waals surface area contributed by atoms with Gasteiger partial charge in [-0.3, -0.25) is 4.79 Å². The average molecular weight is 361 g/mol. The van der Waals surface area contributed by atoms with Crippen molar-refractivity contribution in [2.45, 2.75) is 13.3 Å². The standard InChI is InChI=1S/C18H14ClFN2OS/c1-11-6-7-12(20)8-16(11)22-17(23)9-13-10-24-18(21-13)14-4-2-3-5-15(14)19/h2-8,10H,9H2,1H3,(H,22,23). The second kappa shape index (κ2) is 7.11. The SMILES string of the molecule is Cc1ccc(F)cc1NC(=O)Cc1csc(-c2ccccc2Cl)n1. The molecule has 3 nitrogen and oxygen atoms in total. The summed E-state index contributed by atoms with van der Waals surface area (Å²) < 4.78 is 13.3. The number of halogens is 2. The number of rotatable bonds is 4. The first-order valence-electron chi connectivity index (χ1n) is 7.28. The number of benzene rings is 2. The van der Waals surface area contributed by atoms with E-state index in [1.807, 2.05) is 30.5 Å². The van der Waals surface area contributed by atoms with Gasteiger partial charge in [-0.1, -0.05) is 35.9 Å². The number of nitrogens with one attached hydrogen (secondary N) is 1. The maximum absolute atomic E-state index is 13.3. The fourth-order valence-corrected chi connectivity index (χ4v) is 3.37. The smallest absolute Gasteiger partial charge is 0.230 e. The van der Waals surface area contributed by atoms with Crippen molar-refractivity contribution in [2.75, 3.05) is 5.32 Å². The number of amides is 1. The first-order chi connectivity index (χ1) is 11.5. The van der Waals surface area contributed by atoms with Crippen molar-refractivity contribution in [3.8, 4) is 10.6 Å². The number of carbonyl (C=O) groups excluding carboxylic acids is 1. The van der Waals surface area contributed by atoms with Crippen molar-refractivity contribution < 1.29 is 9.18 Å². The van der Waals surface area contributed by atoms with Gasteiger partial charge in [-0.15, -0.1) is 11.3 Å². The molecule has 24 heavy (non-hydrogen) atoms. The number of hydrogen-bond donors (Lipinski definition) is 1. The summed E-state index contributed by atoms with van der Waals surface area (Å²) in [5.74, 6) is -0.620. The largest absolute Gasteiger partial charge is 0.325 e. The van der Waals surface area contributed by atoms with Crippen LogP contribution in [0.25, 0.3) is 10.6 Å². The maximum atomic E-state index is 13.3. The molecule has 0 spiro atoms. The van der Waals surface area contributed by atoms with Crippen molar-refractivity contribution in [3.05, 3.63) is 69.9 Å². The summed E-state index contributed by atoms with van der Waals surface area (Å²) in [5.41, 5.74) is 2.78. The quantitative estimate of drug-likeness (QED) is 0.704. The first-order valence-corrected chi connectivity index (χ1v) is 8.54. The summed E-state index contributed by atoms with van der Waals surface area (Å²) in [6, 6.07) is 11.7. The number of aryl methyl sites for hydroxylation is 1. The molecule has 2 aromatic carbocycles. The topological polar surface area (TPSA) is 42.0 Å². The second-order valence-corrected chi connectivity index (χ2v) is 6.57. The van der Waals surface area contributed by atoms with E-state index in [-0.39, 0.29) is 18.1 Å². The molecule has 0 fully saturated rings. The number of aromatic nitrogens is 1. The van der Waals surface area contributed by atoms with E-state index < -0.39 is 0 Å². The summed E-state index contributed by atoms with van der Waals surface area (Å²) >= 11 is 7.60. The van der Waals surface area contributed by atoms with Gasteiger partial charge in [0.2, 0.25) is 5.91 Å². The molecule has 0 bridgehead atoms. The van der Waals surface area contributed by atoms with E-state index in [9.17, 15) is 9.18 Å². The molecular weight excluding hydrogens is 347 g/mol. The van der Waals surface area contributed by atoms with Gasteiger partial charge in [0.15, 0.2) is 0 Å². The average Bonchev–Trinajstić information content (AvgIpc) is 2.99. The number of hydrogen-bond acceptors (Lipinski definition) is 3. The van der Waals surface area contributed by atoms with Crippen LogP contribution in [0.2, 0.25) is 5.02 Å². The molecule has 0 saturated heterocycles. The Labute approximate surface area is 148 Å². The molecule has 1 aromatic heterocycles. The van der Waals surface area contributed by atoms with Crippen LogP contribution in [0.3, 0.4) is 0 Å². The Balaban J connectivity index is 1.72. The van der Waals surface area contributed by atoms with E-state index in [0.29, 0.717) is 16.4 Å². The van der Waals surface area contributed by atoms with E-state index in [2.05, 4.69) is 10.3 Å². The van der Waals surface area contributed by atoms with E-state index in [1.165, 1.54) is 23.5 Å². The normalized spacial score (nSPS) is 10.6. The summed E-state index contributed by atoms with van der Waals surface area (Å²) in [6.45, 7) is 1.81. The number of thiazole rings is 1. The van der Waals surface area contributed by atoms with Crippen LogP contribution in [0.5, 0.6) is 0 Å². The highest BCUT2D eigenvalue weighted by atomic mass is 35.5. The predicted molar refractivity (Wildman–Crippen MR) is 96.0 cm³/mol. The molecule has 6 heteroatoms. The van der Waals surface area contributed by atoms with Crippen LogP contribution in [0.15, 0.2) is 47.8 Å². The third-order valence-corrected chi connectivity index (χ3v) is 4.73. The van der Waals surface area contributed by atoms with Gasteiger partial charge in [0.05, 0.1) is 17.1 Å². The molecule has 0 aliphatic rings. The minimum absolute atomic E-state index is 0.122. The molecule has 122 valence electrons. The molecule has 3 rings (SSSR count). The third-order valence-electron chi connectivity index (χ3n) is 3.47. The Morgan fingerprint density at radius 1 is 1.29 bits per heavy atom. The summed E-state index contributed by atoms with van der Waals surface area (Å²) in [7, 11) is 0. The highest BCUT2D eigenvalue weighted by molar-refractivity contribution is 7.13. The number of anilines is 1. The second-order valence-electron chi connectivity index (χ2n) is 5.31. The summed E-state index contributed by atoms with van der Waals surface area (Å²) in [5, 5.41) is 5.94. The Morgan fingerprint density at radius 2 is 2.08 bits per heavy atom. The maximum Gasteiger partial charge on any atom is 0.230 e. The highest BCUT2D eigenvalue weighted by Crippen LogP contribution is 2.30. The van der Waals surface area contributed by atoms with Gasteiger partial charge in [0.25, 0.3) is 0 Å². The van der Waals surface area contributed by atoms with E-state index in [1.54, 1.807) is 12.1 Å². The van der Waals surface area contributed by atoms with Crippen LogP contribution in [0, 0.1) is 12.7 Å². The van der Waals surface area contributed by atoms with Crippen molar-refractivity contribution in [2.24, 2.45) is 0 Å². The Morgan fingerprint density at radius 3 is 2.88 bits per heavy atom. The van der Waals surface area contributed by atoms with Gasteiger partial charge in [0.1, 0.15) is 10.8 Å². The predicted octanol–water partition coefficient (Wildman–Crippen LogP) is 5.09. The van der Waals surface area contributed by atoms with Gasteiger partial charge >= 0.3 is 0 Å². The van der Waals surface area contributed by atoms with Crippen LogP contribution < -0.4 is 5.32 Å². The van der Waals surface area contributed by atoms with Gasteiger partial charge in [0, 0.05) is 16.6 Å². The fourth-order valence-electron chi connectivity index (χ4n) is 2.23. The molecule has 1 heterocycles. The lowest BCUT2D eigenvalue weighted by Crippen LogP contribution is -2.15. The monoisotopic (exact) mass is 360 g/mol. The Bertz CT molecular complexity index is 894. The van der Waals surface area contributed by atoms with E-state index in [0.717, 1.165) is 16.1 Å². The lowest BCUT2D eigenvalue weighted by Gasteiger charge is -2.07. The number of carbonyl (C=O) groups is 1. The van der Waals surface area contributed by atoms with Gasteiger partial charge < -0.3 is 5.32 Å². The highest BCUT2D eigenvalue weighted by Gasteiger charge is 2.12. The molecule has 1 amide bonds. The fraction of sp³-hybridized carbons (Fsp3) is 0.111. The van der Waals surface area contributed by atoms with Crippen LogP contribution >= 0.6 is 22.9 Å². The molecule has 1 N–H and O–H groups in total. The minimum Gasteiger partial charge on any atom is -0.325 e. The summed E-state index contributed by atoms with van der Waals surface area (Å²) in [6.07, 6.45) is 0.122. The van der Waals surface area contributed by atoms with Gasteiger partial charge in [-0.2, -0.15) is 0 Å². The zero-order valence-corrected chi connectivity index (χ0v) is 14.4. The third kappa shape index (κ3) is 3.80. The van der Waals surface area contributed by atoms with Crippen molar-refractivity contribution in [3.63, 3.8) is 0 Å². The van der Waals surface area contributed by atoms with Crippen molar-refractivity contribution >= 4 is 34.5 Å². The molecule has 3 aromatic rings. The van der Waals surface area contributed by atoms with Crippen LogP contribution in [0.4, 0.5) is 10.1 Å². The molecule has 0 atom stereocenters. The van der Waals surface area contributed by atoms with Crippen molar-refractivity contribution in [1.82, 2.24) is 4.98 Å². The van der Waals surface area contributed by atoms with Gasteiger partial charge in [-0.25, -0.2) is 9.37 Å². The molecule has 0 radical (unpaired) electrons. The van der Waals surface area contributed by atoms with Crippen LogP contribution in [0.1, 0.15) is 11.3 Å². The Kier molecular flexibility index (Phi) is 4.92. The van der Waals surface area contributed by atoms with E-state index in [4.69, 9.17) is 11.6 Å².